The van der Waals surface area contributed by atoms with Crippen molar-refractivity contribution in [2.24, 2.45) is 5.84 Å². The van der Waals surface area contributed by atoms with E-state index >= 15 is 0 Å². The van der Waals surface area contributed by atoms with Crippen LogP contribution in [0.5, 0.6) is 5.75 Å². The number of aromatic nitrogens is 1. The standard InChI is InChI=1S/C14H19N3OS/c1-9-14(19-10(2)16-9)13(17-15)8-11-5-4-6-12(7-11)18-3/h4-7,13,17H,8,15H2,1-3H3. The molecule has 3 N–H and O–H groups in total. The van der Waals surface area contributed by atoms with Gasteiger partial charge in [0.2, 0.25) is 0 Å². The molecule has 0 radical (unpaired) electrons. The Morgan fingerprint density at radius 3 is 2.79 bits per heavy atom. The van der Waals surface area contributed by atoms with E-state index in [1.807, 2.05) is 32.0 Å². The van der Waals surface area contributed by atoms with Crippen LogP contribution in [0.3, 0.4) is 0 Å². The van der Waals surface area contributed by atoms with Gasteiger partial charge in [-0.1, -0.05) is 12.1 Å². The van der Waals surface area contributed by atoms with E-state index in [-0.39, 0.29) is 6.04 Å². The highest BCUT2D eigenvalue weighted by Crippen LogP contribution is 2.27. The molecular formula is C14H19N3OS. The van der Waals surface area contributed by atoms with Gasteiger partial charge < -0.3 is 4.74 Å². The molecule has 102 valence electrons. The Morgan fingerprint density at radius 2 is 2.21 bits per heavy atom. The van der Waals surface area contributed by atoms with E-state index in [1.54, 1.807) is 18.4 Å². The third-order valence-electron chi connectivity index (χ3n) is 3.03. The minimum absolute atomic E-state index is 0.0818. The highest BCUT2D eigenvalue weighted by molar-refractivity contribution is 7.11. The topological polar surface area (TPSA) is 60.2 Å². The predicted octanol–water partition coefficient (Wildman–Crippen LogP) is 2.52. The number of nitrogens with one attached hydrogen (secondary N) is 1. The van der Waals surface area contributed by atoms with Crippen LogP contribution in [0.1, 0.15) is 27.2 Å². The van der Waals surface area contributed by atoms with Crippen molar-refractivity contribution in [1.29, 1.82) is 0 Å². The van der Waals surface area contributed by atoms with Crippen LogP contribution in [0, 0.1) is 13.8 Å². The monoisotopic (exact) mass is 277 g/mol. The number of methoxy groups -OCH3 is 1. The lowest BCUT2D eigenvalue weighted by Crippen LogP contribution is -2.29. The molecule has 0 aliphatic rings. The number of thiazole rings is 1. The zero-order valence-corrected chi connectivity index (χ0v) is 12.3. The van der Waals surface area contributed by atoms with Crippen LogP contribution >= 0.6 is 11.3 Å². The number of hydrogen-bond acceptors (Lipinski definition) is 5. The van der Waals surface area contributed by atoms with E-state index in [2.05, 4.69) is 16.5 Å². The van der Waals surface area contributed by atoms with Crippen molar-refractivity contribution in [1.82, 2.24) is 10.4 Å². The van der Waals surface area contributed by atoms with Crippen molar-refractivity contribution >= 4 is 11.3 Å². The fraction of sp³-hybridized carbons (Fsp3) is 0.357. The second kappa shape index (κ2) is 6.14. The summed E-state index contributed by atoms with van der Waals surface area (Å²) in [5.74, 6) is 6.57. The zero-order valence-electron chi connectivity index (χ0n) is 11.4. The minimum atomic E-state index is 0.0818. The van der Waals surface area contributed by atoms with Crippen LogP contribution in [-0.4, -0.2) is 12.1 Å². The van der Waals surface area contributed by atoms with Gasteiger partial charge >= 0.3 is 0 Å². The third kappa shape index (κ3) is 3.32. The van der Waals surface area contributed by atoms with Gasteiger partial charge in [0, 0.05) is 4.88 Å². The van der Waals surface area contributed by atoms with Crippen LogP contribution in [0.15, 0.2) is 24.3 Å². The summed E-state index contributed by atoms with van der Waals surface area (Å²) in [5, 5.41) is 1.07. The SMILES string of the molecule is COc1cccc(CC(NN)c2sc(C)nc2C)c1. The molecule has 0 aliphatic carbocycles. The molecule has 1 heterocycles. The molecule has 2 rings (SSSR count). The van der Waals surface area contributed by atoms with E-state index in [1.165, 1.54) is 10.4 Å². The number of hydrazine groups is 1. The molecule has 19 heavy (non-hydrogen) atoms. The Bertz CT molecular complexity index is 553. The molecule has 0 amide bonds. The molecular weight excluding hydrogens is 258 g/mol. The van der Waals surface area contributed by atoms with Gasteiger partial charge in [-0.3, -0.25) is 11.3 Å². The summed E-state index contributed by atoms with van der Waals surface area (Å²) < 4.78 is 5.24. The van der Waals surface area contributed by atoms with Crippen molar-refractivity contribution < 1.29 is 4.74 Å². The quantitative estimate of drug-likeness (QED) is 0.651. The first-order chi connectivity index (χ1) is 9.13. The molecule has 0 spiro atoms. The van der Waals surface area contributed by atoms with Crippen molar-refractivity contribution in [3.05, 3.63) is 45.4 Å². The molecule has 0 bridgehead atoms. The number of aryl methyl sites for hydroxylation is 2. The maximum absolute atomic E-state index is 5.70. The molecule has 1 aromatic carbocycles. The van der Waals surface area contributed by atoms with Gasteiger partial charge in [0.1, 0.15) is 5.75 Å². The van der Waals surface area contributed by atoms with Crippen LogP contribution < -0.4 is 16.0 Å². The van der Waals surface area contributed by atoms with E-state index < -0.39 is 0 Å². The summed E-state index contributed by atoms with van der Waals surface area (Å²) in [6, 6.07) is 8.13. The first-order valence-corrected chi connectivity index (χ1v) is 6.98. The lowest BCUT2D eigenvalue weighted by molar-refractivity contribution is 0.414. The largest absolute Gasteiger partial charge is 0.497 e. The molecule has 2 aromatic rings. The number of rotatable bonds is 5. The summed E-state index contributed by atoms with van der Waals surface area (Å²) in [6.07, 6.45) is 0.816. The van der Waals surface area contributed by atoms with Crippen LogP contribution in [0.4, 0.5) is 0 Å². The summed E-state index contributed by atoms with van der Waals surface area (Å²) in [7, 11) is 1.68. The van der Waals surface area contributed by atoms with Crippen molar-refractivity contribution in [2.45, 2.75) is 26.3 Å². The maximum Gasteiger partial charge on any atom is 0.119 e. The van der Waals surface area contributed by atoms with E-state index in [4.69, 9.17) is 10.6 Å². The van der Waals surface area contributed by atoms with Crippen LogP contribution in [0.25, 0.3) is 0 Å². The fourth-order valence-electron chi connectivity index (χ4n) is 2.13. The number of hydrogen-bond donors (Lipinski definition) is 2. The molecule has 0 aliphatic heterocycles. The average molecular weight is 277 g/mol. The van der Waals surface area contributed by atoms with Gasteiger partial charge in [-0.05, 0) is 38.0 Å². The molecule has 1 aromatic heterocycles. The number of ether oxygens (including phenoxy) is 1. The summed E-state index contributed by atoms with van der Waals surface area (Å²) >= 11 is 1.69. The molecule has 0 fully saturated rings. The molecule has 1 unspecified atom stereocenters. The van der Waals surface area contributed by atoms with Crippen molar-refractivity contribution in [3.8, 4) is 5.75 Å². The fourth-order valence-corrected chi connectivity index (χ4v) is 3.12. The van der Waals surface area contributed by atoms with Gasteiger partial charge in [0.05, 0.1) is 23.9 Å². The van der Waals surface area contributed by atoms with E-state index in [0.29, 0.717) is 0 Å². The molecule has 0 saturated heterocycles. The molecule has 5 heteroatoms. The van der Waals surface area contributed by atoms with Crippen molar-refractivity contribution in [3.63, 3.8) is 0 Å². The van der Waals surface area contributed by atoms with E-state index in [0.717, 1.165) is 22.9 Å². The Kier molecular flexibility index (Phi) is 4.52. The predicted molar refractivity (Wildman–Crippen MR) is 78.4 cm³/mol. The highest BCUT2D eigenvalue weighted by atomic mass is 32.1. The first kappa shape index (κ1) is 14.0. The lowest BCUT2D eigenvalue weighted by atomic mass is 10.0. The average Bonchev–Trinajstić information content (AvgIpc) is 2.75. The van der Waals surface area contributed by atoms with Gasteiger partial charge in [-0.15, -0.1) is 11.3 Å². The summed E-state index contributed by atoms with van der Waals surface area (Å²) in [4.78, 5) is 5.65. The first-order valence-electron chi connectivity index (χ1n) is 6.17. The van der Waals surface area contributed by atoms with Crippen LogP contribution in [0.2, 0.25) is 0 Å². The number of benzene rings is 1. The Balaban J connectivity index is 2.21. The Morgan fingerprint density at radius 1 is 1.42 bits per heavy atom. The summed E-state index contributed by atoms with van der Waals surface area (Å²) in [6.45, 7) is 4.04. The van der Waals surface area contributed by atoms with Gasteiger partial charge in [-0.2, -0.15) is 0 Å². The third-order valence-corrected chi connectivity index (χ3v) is 4.22. The van der Waals surface area contributed by atoms with Gasteiger partial charge in [-0.25, -0.2) is 4.98 Å². The number of nitrogens with zero attached hydrogens (tertiary/aromatic N) is 1. The second-order valence-corrected chi connectivity index (χ2v) is 5.69. The zero-order chi connectivity index (χ0) is 13.8. The Hall–Kier alpha value is -1.43. The van der Waals surface area contributed by atoms with Gasteiger partial charge in [0.15, 0.2) is 0 Å². The van der Waals surface area contributed by atoms with Gasteiger partial charge in [0.25, 0.3) is 0 Å². The highest BCUT2D eigenvalue weighted by Gasteiger charge is 2.17. The smallest absolute Gasteiger partial charge is 0.119 e. The lowest BCUT2D eigenvalue weighted by Gasteiger charge is -2.15. The Labute approximate surface area is 117 Å². The second-order valence-electron chi connectivity index (χ2n) is 4.46. The summed E-state index contributed by atoms with van der Waals surface area (Å²) in [5.41, 5.74) is 5.13. The van der Waals surface area contributed by atoms with Crippen molar-refractivity contribution in [2.75, 3.05) is 7.11 Å². The number of nitrogens with two attached hydrogens (primary N) is 1. The van der Waals surface area contributed by atoms with Crippen LogP contribution in [-0.2, 0) is 6.42 Å². The molecule has 1 atom stereocenters. The normalized spacial score (nSPS) is 12.4. The van der Waals surface area contributed by atoms with E-state index in [9.17, 15) is 0 Å². The minimum Gasteiger partial charge on any atom is -0.497 e. The molecule has 0 saturated carbocycles. The maximum atomic E-state index is 5.70. The molecule has 4 nitrogen and oxygen atoms in total.